The van der Waals surface area contributed by atoms with Crippen molar-refractivity contribution in [2.24, 2.45) is 0 Å². The molecular weight excluding hydrogens is 828 g/mol. The summed E-state index contributed by atoms with van der Waals surface area (Å²) in [5, 5.41) is 19.1. The molecule has 6 nitrogen and oxygen atoms in total. The largest absolute Gasteiger partial charge is 0.506 e. The summed E-state index contributed by atoms with van der Waals surface area (Å²) in [6.07, 6.45) is -24.6. The molecule has 0 atom stereocenters. The SMILES string of the molecule is Nc1cc(C(c2ccc(Oc3c(F)c(F)c(Oc4ccc(C(c5ccc(O)c(N)c5)(C(F)(F)F)C(F)(F)F)cc4)c(F)c3F)cc2)(C(F)(F)F)C(F)(F)F)ccc1O. The highest BCUT2D eigenvalue weighted by molar-refractivity contribution is 5.59. The monoisotopic (exact) mass is 848 g/mol. The lowest BCUT2D eigenvalue weighted by Crippen LogP contribution is -2.54. The van der Waals surface area contributed by atoms with Gasteiger partial charge in [0.25, 0.3) is 0 Å². The maximum atomic E-state index is 15.1. The van der Waals surface area contributed by atoms with Gasteiger partial charge in [0, 0.05) is 0 Å². The van der Waals surface area contributed by atoms with E-state index in [0.717, 1.165) is 0 Å². The van der Waals surface area contributed by atoms with Crippen LogP contribution in [0, 0.1) is 23.3 Å². The molecule has 0 aromatic heterocycles. The summed E-state index contributed by atoms with van der Waals surface area (Å²) >= 11 is 0. The summed E-state index contributed by atoms with van der Waals surface area (Å²) in [5.41, 5.74) is -6.83. The number of alkyl halides is 12. The molecule has 0 bridgehead atoms. The molecule has 6 N–H and O–H groups in total. The summed E-state index contributed by atoms with van der Waals surface area (Å²) in [4.78, 5) is 0. The van der Waals surface area contributed by atoms with Crippen LogP contribution in [0.2, 0.25) is 0 Å². The minimum absolute atomic E-state index is 0.159. The topological polar surface area (TPSA) is 111 Å². The third-order valence-corrected chi connectivity index (χ3v) is 8.82. The number of hydrogen-bond acceptors (Lipinski definition) is 6. The van der Waals surface area contributed by atoms with Gasteiger partial charge in [-0.15, -0.1) is 0 Å². The van der Waals surface area contributed by atoms with Crippen LogP contribution < -0.4 is 20.9 Å². The second-order valence-corrected chi connectivity index (χ2v) is 12.2. The van der Waals surface area contributed by atoms with E-state index in [2.05, 4.69) is 0 Å². The minimum Gasteiger partial charge on any atom is -0.506 e. The normalized spacial score (nSPS) is 13.1. The Morgan fingerprint density at radius 2 is 0.621 bits per heavy atom. The summed E-state index contributed by atoms with van der Waals surface area (Å²) in [5.74, 6) is -17.3. The molecule has 0 aliphatic heterocycles. The zero-order chi connectivity index (χ0) is 43.6. The summed E-state index contributed by atoms with van der Waals surface area (Å²) in [6.45, 7) is 0. The van der Waals surface area contributed by atoms with E-state index in [0.29, 0.717) is 36.4 Å². The lowest BCUT2D eigenvalue weighted by Gasteiger charge is -2.38. The number of anilines is 2. The van der Waals surface area contributed by atoms with Crippen molar-refractivity contribution in [1.82, 2.24) is 0 Å². The van der Waals surface area contributed by atoms with Crippen LogP contribution in [0.15, 0.2) is 84.9 Å². The van der Waals surface area contributed by atoms with Gasteiger partial charge in [-0.1, -0.05) is 36.4 Å². The molecule has 5 rings (SSSR count). The van der Waals surface area contributed by atoms with Crippen LogP contribution in [0.1, 0.15) is 22.3 Å². The van der Waals surface area contributed by atoms with Gasteiger partial charge in [0.05, 0.1) is 11.4 Å². The van der Waals surface area contributed by atoms with Gasteiger partial charge in [0.1, 0.15) is 23.0 Å². The van der Waals surface area contributed by atoms with Gasteiger partial charge >= 0.3 is 24.7 Å². The maximum Gasteiger partial charge on any atom is 0.411 e. The first kappa shape index (κ1) is 42.9. The van der Waals surface area contributed by atoms with Crippen molar-refractivity contribution in [2.75, 3.05) is 11.5 Å². The second-order valence-electron chi connectivity index (χ2n) is 12.2. The highest BCUT2D eigenvalue weighted by atomic mass is 19.4. The fraction of sp³-hybridized carbons (Fsp3) is 0.167. The first-order chi connectivity index (χ1) is 26.6. The number of ether oxygens (including phenoxy) is 2. The molecule has 0 fully saturated rings. The van der Waals surface area contributed by atoms with Gasteiger partial charge in [0.15, 0.2) is 0 Å². The van der Waals surface area contributed by atoms with Gasteiger partial charge in [-0.05, 0) is 70.8 Å². The smallest absolute Gasteiger partial charge is 0.411 e. The Balaban J connectivity index is 1.50. The zero-order valence-corrected chi connectivity index (χ0v) is 28.0. The lowest BCUT2D eigenvalue weighted by molar-refractivity contribution is -0.290. The molecule has 0 aliphatic carbocycles. The number of nitrogen functional groups attached to an aromatic ring is 2. The van der Waals surface area contributed by atoms with Gasteiger partial charge in [-0.3, -0.25) is 0 Å². The molecule has 0 unspecified atom stereocenters. The van der Waals surface area contributed by atoms with E-state index in [1.807, 2.05) is 0 Å². The first-order valence-corrected chi connectivity index (χ1v) is 15.5. The molecule has 22 heteroatoms. The van der Waals surface area contributed by atoms with Gasteiger partial charge < -0.3 is 31.2 Å². The van der Waals surface area contributed by atoms with Crippen LogP contribution in [0.25, 0.3) is 0 Å². The molecule has 0 saturated carbocycles. The van der Waals surface area contributed by atoms with E-state index in [1.165, 1.54) is 0 Å². The van der Waals surface area contributed by atoms with Crippen molar-refractivity contribution < 1.29 is 89.9 Å². The van der Waals surface area contributed by atoms with Crippen LogP contribution in [0.3, 0.4) is 0 Å². The van der Waals surface area contributed by atoms with Crippen molar-refractivity contribution in [3.05, 3.63) is 130 Å². The van der Waals surface area contributed by atoms with E-state index >= 15 is 17.6 Å². The number of aromatic hydroxyl groups is 2. The lowest BCUT2D eigenvalue weighted by atomic mass is 9.72. The van der Waals surface area contributed by atoms with E-state index in [4.69, 9.17) is 20.9 Å². The Kier molecular flexibility index (Phi) is 10.6. The van der Waals surface area contributed by atoms with Crippen molar-refractivity contribution >= 4 is 11.4 Å². The third kappa shape index (κ3) is 6.82. The van der Waals surface area contributed by atoms with Crippen LogP contribution in [-0.2, 0) is 10.8 Å². The molecule has 310 valence electrons. The number of nitrogens with two attached hydrogens (primary N) is 2. The van der Waals surface area contributed by atoms with Crippen molar-refractivity contribution in [3.63, 3.8) is 0 Å². The number of phenolic OH excluding ortho intramolecular Hbond substituents is 2. The fourth-order valence-electron chi connectivity index (χ4n) is 6.09. The predicted octanol–water partition coefficient (Wildman–Crippen LogP) is 11.2. The molecule has 0 spiro atoms. The standard InChI is InChI=1S/C36H20F16N2O4/c37-25-27(39)30(58-20-9-3-16(4-10-20)32(35(47,48)49,36(50,51)52)18-6-12-24(56)22(54)14-18)28(40)26(38)29(25)57-19-7-1-15(2-8-19)31(33(41,42)43,34(44,45)46)17-5-11-23(55)21(53)13-17/h1-14,55-56H,53-54H2. The van der Waals surface area contributed by atoms with Crippen molar-refractivity contribution in [1.29, 1.82) is 0 Å². The number of halogens is 16. The van der Waals surface area contributed by atoms with Gasteiger partial charge in [-0.25, -0.2) is 0 Å². The Bertz CT molecular complexity index is 2120. The number of benzene rings is 5. The van der Waals surface area contributed by atoms with E-state index in [1.54, 1.807) is 0 Å². The fourth-order valence-corrected chi connectivity index (χ4v) is 6.09. The molecule has 5 aromatic rings. The van der Waals surface area contributed by atoms with E-state index in [9.17, 15) is 62.9 Å². The van der Waals surface area contributed by atoms with Crippen LogP contribution in [-0.4, -0.2) is 34.9 Å². The van der Waals surface area contributed by atoms with Crippen LogP contribution >= 0.6 is 0 Å². The van der Waals surface area contributed by atoms with Gasteiger partial charge in [0.2, 0.25) is 45.6 Å². The Morgan fingerprint density at radius 3 is 0.845 bits per heavy atom. The Hall–Kier alpha value is -6.22. The molecule has 58 heavy (non-hydrogen) atoms. The predicted molar refractivity (Wildman–Crippen MR) is 170 cm³/mol. The van der Waals surface area contributed by atoms with Crippen LogP contribution in [0.5, 0.6) is 34.5 Å². The quantitative estimate of drug-likeness (QED) is 0.0536. The van der Waals surface area contributed by atoms with E-state index in [-0.39, 0.29) is 48.5 Å². The minimum atomic E-state index is -6.15. The highest BCUT2D eigenvalue weighted by Gasteiger charge is 2.73. The molecule has 0 aliphatic rings. The number of hydrogen-bond donors (Lipinski definition) is 4. The second kappa shape index (κ2) is 14.3. The zero-order valence-electron chi connectivity index (χ0n) is 28.0. The van der Waals surface area contributed by atoms with Crippen LogP contribution in [0.4, 0.5) is 81.6 Å². The molecule has 5 aromatic carbocycles. The third-order valence-electron chi connectivity index (χ3n) is 8.82. The van der Waals surface area contributed by atoms with Crippen molar-refractivity contribution in [3.8, 4) is 34.5 Å². The average Bonchev–Trinajstić information content (AvgIpc) is 3.10. The summed E-state index contributed by atoms with van der Waals surface area (Å²) in [6, 6.07) is 3.85. The molecule has 0 saturated heterocycles. The average molecular weight is 849 g/mol. The van der Waals surface area contributed by atoms with Crippen molar-refractivity contribution in [2.45, 2.75) is 35.5 Å². The molecule has 0 heterocycles. The molecule has 0 amide bonds. The molecule has 0 radical (unpaired) electrons. The number of phenols is 2. The summed E-state index contributed by atoms with van der Waals surface area (Å²) in [7, 11) is 0. The van der Waals surface area contributed by atoms with Gasteiger partial charge in [-0.2, -0.15) is 70.2 Å². The Labute approximate surface area is 313 Å². The highest BCUT2D eigenvalue weighted by Crippen LogP contribution is 2.58. The first-order valence-electron chi connectivity index (χ1n) is 15.5. The van der Waals surface area contributed by atoms with E-state index < -0.39 is 127 Å². The maximum absolute atomic E-state index is 15.1. The Morgan fingerprint density at radius 1 is 0.379 bits per heavy atom. The molecular formula is C36H20F16N2O4. The number of rotatable bonds is 8. The summed E-state index contributed by atoms with van der Waals surface area (Å²) < 4.78 is 243.